The molecule has 1 aromatic carbocycles. The predicted molar refractivity (Wildman–Crippen MR) is 57.5 cm³/mol. The van der Waals surface area contributed by atoms with Crippen molar-refractivity contribution in [2.24, 2.45) is 4.99 Å². The molecule has 0 N–H and O–H groups in total. The largest absolute Gasteiger partial charge is 0.475 e. The highest BCUT2D eigenvalue weighted by molar-refractivity contribution is 5.75. The van der Waals surface area contributed by atoms with Crippen LogP contribution < -0.4 is 0 Å². The average molecular weight is 189 g/mol. The van der Waals surface area contributed by atoms with Crippen LogP contribution in [0, 0.1) is 0 Å². The summed E-state index contributed by atoms with van der Waals surface area (Å²) in [5.74, 6) is 0.811. The van der Waals surface area contributed by atoms with E-state index < -0.39 is 0 Å². The fourth-order valence-corrected chi connectivity index (χ4v) is 1.84. The summed E-state index contributed by atoms with van der Waals surface area (Å²) in [6.45, 7) is 4.06. The van der Waals surface area contributed by atoms with Crippen LogP contribution in [0.2, 0.25) is 0 Å². The van der Waals surface area contributed by atoms with Gasteiger partial charge in [-0.1, -0.05) is 37.3 Å². The Morgan fingerprint density at radius 3 is 2.64 bits per heavy atom. The molecule has 0 spiro atoms. The lowest BCUT2D eigenvalue weighted by molar-refractivity contribution is 0.186. The van der Waals surface area contributed by atoms with Crippen LogP contribution in [0.4, 0.5) is 0 Å². The van der Waals surface area contributed by atoms with Gasteiger partial charge < -0.3 is 4.74 Å². The van der Waals surface area contributed by atoms with Crippen molar-refractivity contribution in [1.29, 1.82) is 0 Å². The van der Waals surface area contributed by atoms with Gasteiger partial charge in [0.05, 0.1) is 0 Å². The Morgan fingerprint density at radius 2 is 2.00 bits per heavy atom. The van der Waals surface area contributed by atoms with E-state index in [0.717, 1.165) is 12.3 Å². The van der Waals surface area contributed by atoms with E-state index in [9.17, 15) is 0 Å². The number of nitrogens with zero attached hydrogens (tertiary/aromatic N) is 1. The molecule has 0 saturated carbocycles. The van der Waals surface area contributed by atoms with Gasteiger partial charge in [-0.3, -0.25) is 0 Å². The SMILES string of the molecule is CCC1OC(C)=NC1c1ccccc1. The number of rotatable bonds is 2. The number of benzene rings is 1. The van der Waals surface area contributed by atoms with Crippen molar-refractivity contribution in [3.8, 4) is 0 Å². The van der Waals surface area contributed by atoms with Gasteiger partial charge >= 0.3 is 0 Å². The molecule has 74 valence electrons. The van der Waals surface area contributed by atoms with Crippen molar-refractivity contribution in [3.63, 3.8) is 0 Å². The summed E-state index contributed by atoms with van der Waals surface area (Å²) in [6, 6.07) is 10.5. The normalized spacial score (nSPS) is 25.7. The van der Waals surface area contributed by atoms with Crippen LogP contribution in [0.15, 0.2) is 35.3 Å². The van der Waals surface area contributed by atoms with Crippen molar-refractivity contribution in [1.82, 2.24) is 0 Å². The lowest BCUT2D eigenvalue weighted by Crippen LogP contribution is -2.14. The van der Waals surface area contributed by atoms with Crippen molar-refractivity contribution < 1.29 is 4.74 Å². The first-order chi connectivity index (χ1) is 6.81. The second-order valence-corrected chi connectivity index (χ2v) is 3.57. The molecule has 2 heteroatoms. The minimum Gasteiger partial charge on any atom is -0.475 e. The zero-order valence-electron chi connectivity index (χ0n) is 8.60. The Hall–Kier alpha value is -1.31. The van der Waals surface area contributed by atoms with Crippen LogP contribution in [-0.4, -0.2) is 12.0 Å². The highest BCUT2D eigenvalue weighted by Crippen LogP contribution is 2.30. The van der Waals surface area contributed by atoms with Crippen LogP contribution in [0.1, 0.15) is 31.9 Å². The molecule has 1 aromatic rings. The van der Waals surface area contributed by atoms with Gasteiger partial charge in [-0.2, -0.15) is 0 Å². The van der Waals surface area contributed by atoms with Gasteiger partial charge in [0.25, 0.3) is 0 Å². The number of aliphatic imine (C=N–C) groups is 1. The van der Waals surface area contributed by atoms with E-state index in [1.54, 1.807) is 0 Å². The van der Waals surface area contributed by atoms with Crippen LogP contribution >= 0.6 is 0 Å². The lowest BCUT2D eigenvalue weighted by atomic mass is 10.0. The molecule has 1 heterocycles. The Kier molecular flexibility index (Phi) is 2.53. The topological polar surface area (TPSA) is 21.6 Å². The summed E-state index contributed by atoms with van der Waals surface area (Å²) >= 11 is 0. The quantitative estimate of drug-likeness (QED) is 0.701. The molecule has 0 amide bonds. The standard InChI is InChI=1S/C12H15NO/c1-3-11-12(13-9(2)14-11)10-7-5-4-6-8-10/h4-8,11-12H,3H2,1-2H3. The summed E-state index contributed by atoms with van der Waals surface area (Å²) in [5.41, 5.74) is 1.25. The maximum Gasteiger partial charge on any atom is 0.181 e. The van der Waals surface area contributed by atoms with Crippen molar-refractivity contribution in [3.05, 3.63) is 35.9 Å². The maximum atomic E-state index is 5.63. The Bertz CT molecular complexity index is 331. The molecule has 1 aliphatic heterocycles. The van der Waals surface area contributed by atoms with E-state index in [2.05, 4.69) is 24.0 Å². The van der Waals surface area contributed by atoms with Gasteiger partial charge in [0.2, 0.25) is 0 Å². The smallest absolute Gasteiger partial charge is 0.181 e. The third-order valence-electron chi connectivity index (χ3n) is 2.54. The number of ether oxygens (including phenoxy) is 1. The highest BCUT2D eigenvalue weighted by Gasteiger charge is 2.28. The predicted octanol–water partition coefficient (Wildman–Crippen LogP) is 2.95. The highest BCUT2D eigenvalue weighted by atomic mass is 16.5. The van der Waals surface area contributed by atoms with Gasteiger partial charge in [0.15, 0.2) is 5.90 Å². The molecule has 0 saturated heterocycles. The first kappa shape index (κ1) is 9.25. The summed E-state index contributed by atoms with van der Waals surface area (Å²) < 4.78 is 5.63. The summed E-state index contributed by atoms with van der Waals surface area (Å²) in [6.07, 6.45) is 1.22. The molecule has 0 radical (unpaired) electrons. The molecule has 0 aliphatic carbocycles. The van der Waals surface area contributed by atoms with Crippen LogP contribution in [0.25, 0.3) is 0 Å². The summed E-state index contributed by atoms with van der Waals surface area (Å²) in [7, 11) is 0. The minimum absolute atomic E-state index is 0.196. The molecule has 1 aliphatic rings. The van der Waals surface area contributed by atoms with Gasteiger partial charge in [0.1, 0.15) is 12.1 Å². The fraction of sp³-hybridized carbons (Fsp3) is 0.417. The summed E-state index contributed by atoms with van der Waals surface area (Å²) in [4.78, 5) is 4.51. The molecule has 14 heavy (non-hydrogen) atoms. The maximum absolute atomic E-state index is 5.63. The summed E-state index contributed by atoms with van der Waals surface area (Å²) in [5, 5.41) is 0. The van der Waals surface area contributed by atoms with Crippen LogP contribution in [0.3, 0.4) is 0 Å². The third kappa shape index (κ3) is 1.65. The second kappa shape index (κ2) is 3.82. The molecule has 0 aromatic heterocycles. The number of hydrogen-bond donors (Lipinski definition) is 0. The molecular weight excluding hydrogens is 174 g/mol. The molecule has 2 atom stereocenters. The monoisotopic (exact) mass is 189 g/mol. The number of hydrogen-bond acceptors (Lipinski definition) is 2. The van der Waals surface area contributed by atoms with Crippen LogP contribution in [0.5, 0.6) is 0 Å². The fourth-order valence-electron chi connectivity index (χ4n) is 1.84. The molecular formula is C12H15NO. The Morgan fingerprint density at radius 1 is 1.29 bits per heavy atom. The lowest BCUT2D eigenvalue weighted by Gasteiger charge is -2.15. The molecule has 2 unspecified atom stereocenters. The van der Waals surface area contributed by atoms with E-state index in [-0.39, 0.29) is 12.1 Å². The van der Waals surface area contributed by atoms with E-state index in [1.165, 1.54) is 5.56 Å². The Balaban J connectivity index is 2.25. The van der Waals surface area contributed by atoms with Crippen molar-refractivity contribution >= 4 is 5.90 Å². The second-order valence-electron chi connectivity index (χ2n) is 3.57. The third-order valence-corrected chi connectivity index (χ3v) is 2.54. The molecule has 0 bridgehead atoms. The zero-order chi connectivity index (χ0) is 9.97. The molecule has 2 rings (SSSR count). The first-order valence-corrected chi connectivity index (χ1v) is 5.07. The van der Waals surface area contributed by atoms with E-state index in [4.69, 9.17) is 4.74 Å². The van der Waals surface area contributed by atoms with Crippen LogP contribution in [-0.2, 0) is 4.74 Å². The van der Waals surface area contributed by atoms with E-state index >= 15 is 0 Å². The minimum atomic E-state index is 0.196. The zero-order valence-corrected chi connectivity index (χ0v) is 8.60. The van der Waals surface area contributed by atoms with E-state index in [1.807, 2.05) is 25.1 Å². The van der Waals surface area contributed by atoms with Gasteiger partial charge in [0, 0.05) is 6.92 Å². The Labute approximate surface area is 84.6 Å². The van der Waals surface area contributed by atoms with Gasteiger partial charge in [-0.15, -0.1) is 0 Å². The molecule has 2 nitrogen and oxygen atoms in total. The molecule has 0 fully saturated rings. The van der Waals surface area contributed by atoms with Gasteiger partial charge in [-0.25, -0.2) is 4.99 Å². The van der Waals surface area contributed by atoms with Gasteiger partial charge in [-0.05, 0) is 12.0 Å². The first-order valence-electron chi connectivity index (χ1n) is 5.07. The van der Waals surface area contributed by atoms with Crippen molar-refractivity contribution in [2.45, 2.75) is 32.4 Å². The average Bonchev–Trinajstić information content (AvgIpc) is 2.61. The van der Waals surface area contributed by atoms with Crippen molar-refractivity contribution in [2.75, 3.05) is 0 Å². The van der Waals surface area contributed by atoms with E-state index in [0.29, 0.717) is 0 Å².